The third-order valence-electron chi connectivity index (χ3n) is 5.06. The predicted molar refractivity (Wildman–Crippen MR) is 95.9 cm³/mol. The lowest BCUT2D eigenvalue weighted by Crippen LogP contribution is -2.53. The van der Waals surface area contributed by atoms with Crippen LogP contribution in [-0.2, 0) is 19.1 Å². The molecule has 1 aromatic carbocycles. The first-order valence-electron chi connectivity index (χ1n) is 8.89. The maximum atomic E-state index is 12.9. The van der Waals surface area contributed by atoms with E-state index in [1.807, 2.05) is 0 Å². The molecule has 1 spiro atoms. The molecule has 2 aliphatic heterocycles. The van der Waals surface area contributed by atoms with Gasteiger partial charge in [-0.05, 0) is 26.0 Å². The van der Waals surface area contributed by atoms with E-state index in [2.05, 4.69) is 5.32 Å². The summed E-state index contributed by atoms with van der Waals surface area (Å²) in [7, 11) is 1.56. The van der Waals surface area contributed by atoms with Gasteiger partial charge in [-0.2, -0.15) is 0 Å². The third-order valence-corrected chi connectivity index (χ3v) is 5.06. The van der Waals surface area contributed by atoms with Crippen LogP contribution in [0.25, 0.3) is 0 Å². The van der Waals surface area contributed by atoms with Crippen LogP contribution in [0.3, 0.4) is 0 Å². The first-order valence-corrected chi connectivity index (χ1v) is 8.89. The summed E-state index contributed by atoms with van der Waals surface area (Å²) in [6.07, 6.45) is 1.26. The normalized spacial score (nSPS) is 19.4. The summed E-state index contributed by atoms with van der Waals surface area (Å²) in [4.78, 5) is 27.4. The molecule has 1 aromatic rings. The van der Waals surface area contributed by atoms with E-state index in [-0.39, 0.29) is 11.8 Å². The summed E-state index contributed by atoms with van der Waals surface area (Å²) in [5.74, 6) is -0.427. The van der Waals surface area contributed by atoms with Gasteiger partial charge in [0.2, 0.25) is 11.8 Å². The van der Waals surface area contributed by atoms with Gasteiger partial charge in [0.25, 0.3) is 0 Å². The minimum absolute atomic E-state index is 0.189. The molecule has 0 unspecified atom stereocenters. The molecule has 0 aliphatic carbocycles. The van der Waals surface area contributed by atoms with Crippen LogP contribution in [0.5, 0.6) is 5.75 Å². The van der Waals surface area contributed by atoms with Crippen molar-refractivity contribution in [1.82, 2.24) is 4.90 Å². The molecule has 0 saturated carbocycles. The van der Waals surface area contributed by atoms with Crippen LogP contribution in [0.15, 0.2) is 24.3 Å². The molecule has 0 bridgehead atoms. The Hall–Kier alpha value is -2.12. The number of carbonyl (C=O) groups is 2. The Labute approximate surface area is 153 Å². The topological polar surface area (TPSA) is 77.1 Å². The van der Waals surface area contributed by atoms with Crippen molar-refractivity contribution in [2.24, 2.45) is 5.41 Å². The number of methoxy groups -OCH3 is 1. The Kier molecular flexibility index (Phi) is 5.20. The van der Waals surface area contributed by atoms with E-state index < -0.39 is 11.2 Å². The van der Waals surface area contributed by atoms with Crippen molar-refractivity contribution in [2.45, 2.75) is 32.5 Å². The van der Waals surface area contributed by atoms with Gasteiger partial charge in [0.1, 0.15) is 11.2 Å². The molecule has 26 heavy (non-hydrogen) atoms. The summed E-state index contributed by atoms with van der Waals surface area (Å²) in [6.45, 7) is 5.55. The molecule has 7 heteroatoms. The highest BCUT2D eigenvalue weighted by Gasteiger charge is 2.45. The number of carbonyl (C=O) groups excluding carboxylic acids is 2. The van der Waals surface area contributed by atoms with E-state index in [9.17, 15) is 9.59 Å². The zero-order valence-electron chi connectivity index (χ0n) is 15.5. The van der Waals surface area contributed by atoms with Crippen LogP contribution in [0, 0.1) is 5.41 Å². The number of nitrogens with one attached hydrogen (secondary N) is 1. The highest BCUT2D eigenvalue weighted by Crippen LogP contribution is 2.33. The van der Waals surface area contributed by atoms with Crippen LogP contribution < -0.4 is 10.1 Å². The largest absolute Gasteiger partial charge is 0.497 e. The first kappa shape index (κ1) is 18.7. The Morgan fingerprint density at radius 2 is 1.85 bits per heavy atom. The lowest BCUT2D eigenvalue weighted by atomic mass is 9.88. The Bertz CT molecular complexity index is 672. The highest BCUT2D eigenvalue weighted by atomic mass is 16.7. The lowest BCUT2D eigenvalue weighted by molar-refractivity contribution is -0.189. The lowest BCUT2D eigenvalue weighted by Gasteiger charge is -2.40. The van der Waals surface area contributed by atoms with Crippen molar-refractivity contribution in [3.05, 3.63) is 24.3 Å². The van der Waals surface area contributed by atoms with Crippen molar-refractivity contribution >= 4 is 17.5 Å². The number of hydrogen-bond donors (Lipinski definition) is 1. The molecule has 2 heterocycles. The van der Waals surface area contributed by atoms with Crippen LogP contribution in [-0.4, -0.2) is 55.9 Å². The quantitative estimate of drug-likeness (QED) is 0.830. The molecule has 3 rings (SSSR count). The van der Waals surface area contributed by atoms with Gasteiger partial charge >= 0.3 is 0 Å². The number of rotatable bonds is 4. The highest BCUT2D eigenvalue weighted by molar-refractivity contribution is 6.09. The number of ether oxygens (including phenoxy) is 3. The van der Waals surface area contributed by atoms with Gasteiger partial charge in [0.05, 0.1) is 20.3 Å². The number of hydrogen-bond acceptors (Lipinski definition) is 5. The minimum atomic E-state index is -1.18. The fourth-order valence-corrected chi connectivity index (χ4v) is 3.32. The van der Waals surface area contributed by atoms with Crippen molar-refractivity contribution in [3.63, 3.8) is 0 Å². The van der Waals surface area contributed by atoms with Gasteiger partial charge in [0, 0.05) is 37.7 Å². The van der Waals surface area contributed by atoms with Crippen molar-refractivity contribution < 1.29 is 23.8 Å². The van der Waals surface area contributed by atoms with E-state index in [0.29, 0.717) is 50.6 Å². The molecule has 1 N–H and O–H groups in total. The Morgan fingerprint density at radius 1 is 1.19 bits per heavy atom. The van der Waals surface area contributed by atoms with Gasteiger partial charge in [0.15, 0.2) is 5.79 Å². The summed E-state index contributed by atoms with van der Waals surface area (Å²) >= 11 is 0. The summed E-state index contributed by atoms with van der Waals surface area (Å²) in [5, 5.41) is 2.81. The molecule has 2 fully saturated rings. The molecule has 142 valence electrons. The number of anilines is 1. The van der Waals surface area contributed by atoms with Gasteiger partial charge in [-0.25, -0.2) is 0 Å². The number of piperidine rings is 1. The van der Waals surface area contributed by atoms with Crippen LogP contribution in [0.4, 0.5) is 5.69 Å². The fraction of sp³-hybridized carbons (Fsp3) is 0.579. The molecule has 2 saturated heterocycles. The van der Waals surface area contributed by atoms with Crippen LogP contribution >= 0.6 is 0 Å². The van der Waals surface area contributed by atoms with Gasteiger partial charge in [-0.3, -0.25) is 9.59 Å². The minimum Gasteiger partial charge on any atom is -0.497 e. The molecular weight excluding hydrogens is 336 g/mol. The monoisotopic (exact) mass is 362 g/mol. The second-order valence-electron chi connectivity index (χ2n) is 7.21. The van der Waals surface area contributed by atoms with Gasteiger partial charge in [-0.15, -0.1) is 0 Å². The second-order valence-corrected chi connectivity index (χ2v) is 7.21. The average molecular weight is 362 g/mol. The maximum Gasteiger partial charge on any atom is 0.239 e. The predicted octanol–water partition coefficient (Wildman–Crippen LogP) is 2.03. The molecule has 0 atom stereocenters. The Balaban J connectivity index is 1.62. The fourth-order valence-electron chi connectivity index (χ4n) is 3.32. The zero-order valence-corrected chi connectivity index (χ0v) is 15.5. The summed E-state index contributed by atoms with van der Waals surface area (Å²) < 4.78 is 16.5. The second kappa shape index (κ2) is 7.25. The number of benzene rings is 1. The molecule has 0 aromatic heterocycles. The molecule has 2 aliphatic rings. The van der Waals surface area contributed by atoms with Crippen molar-refractivity contribution in [2.75, 3.05) is 38.7 Å². The first-order chi connectivity index (χ1) is 12.4. The maximum absolute atomic E-state index is 12.9. The molecule has 0 radical (unpaired) electrons. The number of likely N-dealkylation sites (tertiary alicyclic amines) is 1. The van der Waals surface area contributed by atoms with Crippen LogP contribution in [0.1, 0.15) is 26.7 Å². The van der Waals surface area contributed by atoms with Crippen molar-refractivity contribution in [3.8, 4) is 5.75 Å². The van der Waals surface area contributed by atoms with E-state index in [0.717, 1.165) is 0 Å². The number of nitrogens with zero attached hydrogens (tertiary/aromatic N) is 1. The van der Waals surface area contributed by atoms with E-state index >= 15 is 0 Å². The van der Waals surface area contributed by atoms with Crippen molar-refractivity contribution in [1.29, 1.82) is 0 Å². The van der Waals surface area contributed by atoms with Gasteiger partial charge in [-0.1, -0.05) is 6.07 Å². The average Bonchev–Trinajstić information content (AvgIpc) is 3.10. The van der Waals surface area contributed by atoms with E-state index in [1.165, 1.54) is 0 Å². The Morgan fingerprint density at radius 3 is 2.46 bits per heavy atom. The molecule has 7 nitrogen and oxygen atoms in total. The molecule has 2 amide bonds. The number of amides is 2. The van der Waals surface area contributed by atoms with E-state index in [1.54, 1.807) is 50.1 Å². The standard InChI is InChI=1S/C19H26N2O5/c1-18(2,16(22)20-14-5-4-6-15(13-14)24-3)17(23)21-9-7-19(8-10-21)25-11-12-26-19/h4-6,13H,7-12H2,1-3H3,(H,20,22). The summed E-state index contributed by atoms with van der Waals surface area (Å²) in [6, 6.07) is 7.07. The van der Waals surface area contributed by atoms with E-state index in [4.69, 9.17) is 14.2 Å². The van der Waals surface area contributed by atoms with Gasteiger partial charge < -0.3 is 24.4 Å². The third kappa shape index (κ3) is 3.68. The smallest absolute Gasteiger partial charge is 0.239 e. The SMILES string of the molecule is COc1cccc(NC(=O)C(C)(C)C(=O)N2CCC3(CC2)OCCO3)c1. The molecular formula is C19H26N2O5. The summed E-state index contributed by atoms with van der Waals surface area (Å²) in [5.41, 5.74) is -0.578. The zero-order chi connectivity index (χ0) is 18.8. The van der Waals surface area contributed by atoms with Crippen LogP contribution in [0.2, 0.25) is 0 Å².